The monoisotopic (exact) mass is 296 g/mol. The third-order valence-corrected chi connectivity index (χ3v) is 4.92. The van der Waals surface area contributed by atoms with Gasteiger partial charge >= 0.3 is 0 Å². The zero-order valence-corrected chi connectivity index (χ0v) is 12.9. The highest BCUT2D eigenvalue weighted by Gasteiger charge is 2.18. The Hall–Kier alpha value is -1.07. The lowest BCUT2D eigenvalue weighted by Crippen LogP contribution is -2.10. The number of rotatable bonds is 3. The van der Waals surface area contributed by atoms with Gasteiger partial charge < -0.3 is 5.73 Å². The molecule has 0 spiro atoms. The number of hydrogen-bond donors (Lipinski definition) is 1. The second-order valence-electron chi connectivity index (χ2n) is 5.37. The molecule has 0 bridgehead atoms. The molecule has 2 nitrogen and oxygen atoms in total. The summed E-state index contributed by atoms with van der Waals surface area (Å²) < 4.78 is 13.6. The Labute approximate surface area is 121 Å². The molecular formula is C14H17FN2S2. The van der Waals surface area contributed by atoms with Gasteiger partial charge in [-0.05, 0) is 18.2 Å². The first kappa shape index (κ1) is 14.3. The summed E-state index contributed by atoms with van der Waals surface area (Å²) in [7, 11) is 0. The number of nitrogens with two attached hydrogens (primary N) is 1. The first-order valence-electron chi connectivity index (χ1n) is 5.99. The van der Waals surface area contributed by atoms with Crippen molar-refractivity contribution in [1.82, 2.24) is 4.98 Å². The molecule has 1 aromatic carbocycles. The number of nitrogen functional groups attached to an aromatic ring is 1. The van der Waals surface area contributed by atoms with Gasteiger partial charge in [0.2, 0.25) is 0 Å². The second kappa shape index (κ2) is 5.51. The summed E-state index contributed by atoms with van der Waals surface area (Å²) in [5.74, 6) is 0.407. The van der Waals surface area contributed by atoms with E-state index < -0.39 is 0 Å². The van der Waals surface area contributed by atoms with E-state index in [9.17, 15) is 4.39 Å². The van der Waals surface area contributed by atoms with E-state index in [-0.39, 0.29) is 11.2 Å². The standard InChI is InChI=1S/C14H17FN2S2/c1-14(2,3)13-17-10(8-19-13)7-18-12-5-4-9(16)6-11(12)15/h4-6,8H,7,16H2,1-3H3. The van der Waals surface area contributed by atoms with Gasteiger partial charge in [-0.15, -0.1) is 23.1 Å². The van der Waals surface area contributed by atoms with E-state index in [0.717, 1.165) is 10.7 Å². The number of thiazole rings is 1. The van der Waals surface area contributed by atoms with Crippen molar-refractivity contribution in [2.24, 2.45) is 0 Å². The number of thioether (sulfide) groups is 1. The summed E-state index contributed by atoms with van der Waals surface area (Å²) in [6.07, 6.45) is 0. The summed E-state index contributed by atoms with van der Waals surface area (Å²) in [6, 6.07) is 4.78. The SMILES string of the molecule is CC(C)(C)c1nc(CSc2ccc(N)cc2F)cs1. The van der Waals surface area contributed by atoms with E-state index in [1.807, 2.05) is 5.38 Å². The molecule has 1 aromatic heterocycles. The number of benzene rings is 1. The van der Waals surface area contributed by atoms with Crippen molar-refractivity contribution in [2.75, 3.05) is 5.73 Å². The van der Waals surface area contributed by atoms with Crippen molar-refractivity contribution in [3.8, 4) is 0 Å². The lowest BCUT2D eigenvalue weighted by Gasteiger charge is -2.13. The largest absolute Gasteiger partial charge is 0.399 e. The van der Waals surface area contributed by atoms with Crippen LogP contribution in [0.2, 0.25) is 0 Å². The van der Waals surface area contributed by atoms with E-state index in [2.05, 4.69) is 25.8 Å². The topological polar surface area (TPSA) is 38.9 Å². The van der Waals surface area contributed by atoms with Gasteiger partial charge in [0.05, 0.1) is 10.7 Å². The van der Waals surface area contributed by atoms with Crippen LogP contribution >= 0.6 is 23.1 Å². The summed E-state index contributed by atoms with van der Waals surface area (Å²) >= 11 is 3.11. The molecule has 0 aliphatic rings. The lowest BCUT2D eigenvalue weighted by atomic mass is 9.98. The van der Waals surface area contributed by atoms with Crippen LogP contribution in [-0.2, 0) is 11.2 Å². The van der Waals surface area contributed by atoms with Gasteiger partial charge in [-0.25, -0.2) is 9.37 Å². The third-order valence-electron chi connectivity index (χ3n) is 2.52. The molecule has 0 amide bonds. The lowest BCUT2D eigenvalue weighted by molar-refractivity contribution is 0.584. The molecule has 0 aliphatic heterocycles. The predicted octanol–water partition coefficient (Wildman–Crippen LogP) is 4.45. The molecule has 0 atom stereocenters. The average Bonchev–Trinajstić information content (AvgIpc) is 2.76. The Bertz CT molecular complexity index is 573. The van der Waals surface area contributed by atoms with Gasteiger partial charge in [0.25, 0.3) is 0 Å². The molecule has 1 heterocycles. The zero-order valence-electron chi connectivity index (χ0n) is 11.2. The molecule has 102 valence electrons. The summed E-state index contributed by atoms with van der Waals surface area (Å²) in [6.45, 7) is 6.42. The maximum absolute atomic E-state index is 13.6. The highest BCUT2D eigenvalue weighted by Crippen LogP contribution is 2.30. The molecule has 0 radical (unpaired) electrons. The molecule has 0 saturated heterocycles. The average molecular weight is 296 g/mol. The van der Waals surface area contributed by atoms with Crippen molar-refractivity contribution in [3.63, 3.8) is 0 Å². The highest BCUT2D eigenvalue weighted by molar-refractivity contribution is 7.98. The van der Waals surface area contributed by atoms with Gasteiger partial charge in [0, 0.05) is 27.1 Å². The molecule has 5 heteroatoms. The van der Waals surface area contributed by atoms with Crippen LogP contribution in [0.5, 0.6) is 0 Å². The Morgan fingerprint density at radius 2 is 2.11 bits per heavy atom. The fraction of sp³-hybridized carbons (Fsp3) is 0.357. The van der Waals surface area contributed by atoms with Crippen molar-refractivity contribution >= 4 is 28.8 Å². The number of anilines is 1. The molecule has 2 rings (SSSR count). The van der Waals surface area contributed by atoms with Crippen molar-refractivity contribution in [3.05, 3.63) is 40.1 Å². The summed E-state index contributed by atoms with van der Waals surface area (Å²) in [5, 5.41) is 3.16. The number of halogens is 1. The Balaban J connectivity index is 2.04. The third kappa shape index (κ3) is 3.70. The zero-order chi connectivity index (χ0) is 14.0. The predicted molar refractivity (Wildman–Crippen MR) is 81.2 cm³/mol. The van der Waals surface area contributed by atoms with Gasteiger partial charge in [-0.1, -0.05) is 20.8 Å². The first-order chi connectivity index (χ1) is 8.86. The molecule has 0 saturated carbocycles. The smallest absolute Gasteiger partial charge is 0.138 e. The molecular weight excluding hydrogens is 279 g/mol. The maximum atomic E-state index is 13.6. The van der Waals surface area contributed by atoms with Gasteiger partial charge in [-0.2, -0.15) is 0 Å². The number of hydrogen-bond acceptors (Lipinski definition) is 4. The van der Waals surface area contributed by atoms with E-state index in [1.54, 1.807) is 23.5 Å². The quantitative estimate of drug-likeness (QED) is 0.671. The minimum Gasteiger partial charge on any atom is -0.399 e. The van der Waals surface area contributed by atoms with Crippen LogP contribution in [0.1, 0.15) is 31.5 Å². The van der Waals surface area contributed by atoms with Crippen molar-refractivity contribution in [1.29, 1.82) is 0 Å². The van der Waals surface area contributed by atoms with Crippen LogP contribution in [0.25, 0.3) is 0 Å². The van der Waals surface area contributed by atoms with Gasteiger partial charge in [0.1, 0.15) is 5.82 Å². The van der Waals surface area contributed by atoms with Crippen LogP contribution in [0.4, 0.5) is 10.1 Å². The normalized spacial score (nSPS) is 11.8. The molecule has 0 fully saturated rings. The molecule has 2 N–H and O–H groups in total. The number of nitrogens with zero attached hydrogens (tertiary/aromatic N) is 1. The van der Waals surface area contributed by atoms with E-state index in [1.165, 1.54) is 17.8 Å². The van der Waals surface area contributed by atoms with Crippen LogP contribution in [0, 0.1) is 5.82 Å². The molecule has 19 heavy (non-hydrogen) atoms. The van der Waals surface area contributed by atoms with Crippen LogP contribution in [0.3, 0.4) is 0 Å². The van der Waals surface area contributed by atoms with Crippen LogP contribution < -0.4 is 5.73 Å². The van der Waals surface area contributed by atoms with Crippen LogP contribution in [0.15, 0.2) is 28.5 Å². The minimum atomic E-state index is -0.267. The fourth-order valence-electron chi connectivity index (χ4n) is 1.50. The van der Waals surface area contributed by atoms with Gasteiger partial charge in [-0.3, -0.25) is 0 Å². The maximum Gasteiger partial charge on any atom is 0.138 e. The van der Waals surface area contributed by atoms with E-state index in [4.69, 9.17) is 5.73 Å². The van der Waals surface area contributed by atoms with Crippen molar-refractivity contribution < 1.29 is 4.39 Å². The first-order valence-corrected chi connectivity index (χ1v) is 7.85. The Morgan fingerprint density at radius 1 is 1.37 bits per heavy atom. The summed E-state index contributed by atoms with van der Waals surface area (Å²) in [5.41, 5.74) is 7.04. The number of aromatic nitrogens is 1. The van der Waals surface area contributed by atoms with Gasteiger partial charge in [0.15, 0.2) is 0 Å². The Kier molecular flexibility index (Phi) is 4.16. The Morgan fingerprint density at radius 3 is 2.68 bits per heavy atom. The fourth-order valence-corrected chi connectivity index (χ4v) is 3.33. The van der Waals surface area contributed by atoms with E-state index in [0.29, 0.717) is 16.3 Å². The molecule has 2 aromatic rings. The van der Waals surface area contributed by atoms with Crippen LogP contribution in [-0.4, -0.2) is 4.98 Å². The molecule has 0 aliphatic carbocycles. The second-order valence-corrected chi connectivity index (χ2v) is 7.25. The molecule has 0 unspecified atom stereocenters. The minimum absolute atomic E-state index is 0.0695. The van der Waals surface area contributed by atoms with E-state index >= 15 is 0 Å². The highest BCUT2D eigenvalue weighted by atomic mass is 32.2. The van der Waals surface area contributed by atoms with Crippen molar-refractivity contribution in [2.45, 2.75) is 36.8 Å². The summed E-state index contributed by atoms with van der Waals surface area (Å²) in [4.78, 5) is 5.21.